The molecule has 1 nitrogen and oxygen atoms in total. The summed E-state index contributed by atoms with van der Waals surface area (Å²) in [6.07, 6.45) is 4.01. The van der Waals surface area contributed by atoms with Crippen molar-refractivity contribution >= 4 is 6.08 Å². The Kier molecular flexibility index (Phi) is 2.87. The molecule has 0 aliphatic carbocycles. The van der Waals surface area contributed by atoms with E-state index < -0.39 is 0 Å². The fourth-order valence-electron chi connectivity index (χ4n) is 0.827. The van der Waals surface area contributed by atoms with Crippen molar-refractivity contribution in [3.8, 4) is 0 Å². The van der Waals surface area contributed by atoms with Crippen LogP contribution in [0.1, 0.15) is 12.5 Å². The smallest absolute Gasteiger partial charge is 0.0198 e. The highest BCUT2D eigenvalue weighted by molar-refractivity contribution is 5.49. The quantitative estimate of drug-likeness (QED) is 0.680. The molecule has 0 fully saturated rings. The normalized spacial score (nSPS) is 13.6. The molecule has 1 heteroatoms. The lowest BCUT2D eigenvalue weighted by molar-refractivity contribution is 0.931. The Morgan fingerprint density at radius 1 is 1.27 bits per heavy atom. The average Bonchev–Trinajstić information content (AvgIpc) is 2.03. The first kappa shape index (κ1) is 8.02. The molecule has 58 valence electrons. The predicted octanol–water partition coefficient (Wildman–Crippen LogP) is 2.05. The van der Waals surface area contributed by atoms with E-state index >= 15 is 0 Å². The first-order valence-corrected chi connectivity index (χ1v) is 3.78. The Morgan fingerprint density at radius 2 is 1.91 bits per heavy atom. The zero-order chi connectivity index (χ0) is 8.10. The molecule has 2 N–H and O–H groups in total. The lowest BCUT2D eigenvalue weighted by Gasteiger charge is -1.94. The fourth-order valence-corrected chi connectivity index (χ4v) is 0.827. The van der Waals surface area contributed by atoms with Crippen LogP contribution in [0.3, 0.4) is 0 Å². The number of rotatable bonds is 2. The molecule has 0 radical (unpaired) electrons. The van der Waals surface area contributed by atoms with E-state index in [0.717, 1.165) is 0 Å². The van der Waals surface area contributed by atoms with Gasteiger partial charge in [-0.3, -0.25) is 0 Å². The van der Waals surface area contributed by atoms with Gasteiger partial charge in [-0.1, -0.05) is 42.5 Å². The summed E-state index contributed by atoms with van der Waals surface area (Å²) in [4.78, 5) is 0. The molecule has 0 aromatic heterocycles. The Hall–Kier alpha value is -1.08. The number of hydrogen-bond donors (Lipinski definition) is 1. The van der Waals surface area contributed by atoms with Crippen LogP contribution < -0.4 is 5.73 Å². The average molecular weight is 147 g/mol. The first-order valence-electron chi connectivity index (χ1n) is 3.78. The van der Waals surface area contributed by atoms with E-state index in [-0.39, 0.29) is 6.04 Å². The Labute approximate surface area is 67.5 Å². The van der Waals surface area contributed by atoms with Crippen LogP contribution in [0.2, 0.25) is 0 Å². The minimum atomic E-state index is 0.134. The van der Waals surface area contributed by atoms with Crippen molar-refractivity contribution in [3.63, 3.8) is 0 Å². The van der Waals surface area contributed by atoms with E-state index in [4.69, 9.17) is 5.73 Å². The van der Waals surface area contributed by atoms with E-state index in [1.165, 1.54) is 5.56 Å². The van der Waals surface area contributed by atoms with Gasteiger partial charge in [-0.2, -0.15) is 0 Å². The van der Waals surface area contributed by atoms with Crippen molar-refractivity contribution < 1.29 is 0 Å². The summed E-state index contributed by atoms with van der Waals surface area (Å²) in [5, 5.41) is 0. The second kappa shape index (κ2) is 3.94. The van der Waals surface area contributed by atoms with Gasteiger partial charge in [-0.25, -0.2) is 0 Å². The van der Waals surface area contributed by atoms with Crippen LogP contribution in [0.4, 0.5) is 0 Å². The summed E-state index contributed by atoms with van der Waals surface area (Å²) in [7, 11) is 0. The number of nitrogens with two attached hydrogens (primary N) is 1. The topological polar surface area (TPSA) is 26.0 Å². The molecule has 0 bridgehead atoms. The first-order chi connectivity index (χ1) is 5.29. The van der Waals surface area contributed by atoms with E-state index in [2.05, 4.69) is 12.1 Å². The molecule has 1 aromatic rings. The van der Waals surface area contributed by atoms with Crippen LogP contribution >= 0.6 is 0 Å². The second-order valence-electron chi connectivity index (χ2n) is 2.63. The van der Waals surface area contributed by atoms with Crippen LogP contribution in [0.25, 0.3) is 6.08 Å². The highest BCUT2D eigenvalue weighted by Crippen LogP contribution is 2.00. The summed E-state index contributed by atoms with van der Waals surface area (Å²) in [5.74, 6) is 0. The third-order valence-electron chi connectivity index (χ3n) is 1.39. The lowest BCUT2D eigenvalue weighted by atomic mass is 10.2. The summed E-state index contributed by atoms with van der Waals surface area (Å²) < 4.78 is 0. The molecular weight excluding hydrogens is 134 g/mol. The van der Waals surface area contributed by atoms with Crippen LogP contribution in [-0.2, 0) is 0 Å². The molecule has 0 amide bonds. The van der Waals surface area contributed by atoms with Crippen LogP contribution in [0.15, 0.2) is 36.4 Å². The maximum atomic E-state index is 5.55. The molecular formula is C10H13N. The van der Waals surface area contributed by atoms with Crippen molar-refractivity contribution in [3.05, 3.63) is 42.0 Å². The molecule has 1 rings (SSSR count). The molecule has 0 heterocycles. The maximum Gasteiger partial charge on any atom is 0.0198 e. The minimum absolute atomic E-state index is 0.134. The van der Waals surface area contributed by atoms with Crippen molar-refractivity contribution in [2.24, 2.45) is 5.73 Å². The molecule has 0 saturated heterocycles. The Morgan fingerprint density at radius 3 is 2.45 bits per heavy atom. The SMILES string of the molecule is C[C@@H](N)/C=C/c1ccccc1. The molecule has 0 unspecified atom stereocenters. The van der Waals surface area contributed by atoms with Gasteiger partial charge in [0.1, 0.15) is 0 Å². The van der Waals surface area contributed by atoms with Crippen molar-refractivity contribution in [1.82, 2.24) is 0 Å². The van der Waals surface area contributed by atoms with Crippen LogP contribution in [0.5, 0.6) is 0 Å². The zero-order valence-electron chi connectivity index (χ0n) is 6.70. The van der Waals surface area contributed by atoms with Gasteiger partial charge in [0.2, 0.25) is 0 Å². The number of benzene rings is 1. The summed E-state index contributed by atoms with van der Waals surface area (Å²) in [6.45, 7) is 1.96. The van der Waals surface area contributed by atoms with E-state index in [9.17, 15) is 0 Å². The predicted molar refractivity (Wildman–Crippen MR) is 49.1 cm³/mol. The van der Waals surface area contributed by atoms with E-state index in [0.29, 0.717) is 0 Å². The van der Waals surface area contributed by atoms with Gasteiger partial charge < -0.3 is 5.73 Å². The van der Waals surface area contributed by atoms with Gasteiger partial charge in [0.25, 0.3) is 0 Å². The molecule has 11 heavy (non-hydrogen) atoms. The van der Waals surface area contributed by atoms with Gasteiger partial charge in [0, 0.05) is 6.04 Å². The lowest BCUT2D eigenvalue weighted by Crippen LogP contribution is -2.09. The van der Waals surface area contributed by atoms with Gasteiger partial charge in [-0.15, -0.1) is 0 Å². The molecule has 1 atom stereocenters. The molecule has 0 saturated carbocycles. The third kappa shape index (κ3) is 3.01. The van der Waals surface area contributed by atoms with Gasteiger partial charge in [-0.05, 0) is 12.5 Å². The van der Waals surface area contributed by atoms with Crippen LogP contribution in [-0.4, -0.2) is 6.04 Å². The maximum absolute atomic E-state index is 5.55. The number of hydrogen-bond acceptors (Lipinski definition) is 1. The van der Waals surface area contributed by atoms with Gasteiger partial charge >= 0.3 is 0 Å². The van der Waals surface area contributed by atoms with Crippen molar-refractivity contribution in [2.45, 2.75) is 13.0 Å². The van der Waals surface area contributed by atoms with E-state index in [1.807, 2.05) is 37.3 Å². The summed E-state index contributed by atoms with van der Waals surface area (Å²) >= 11 is 0. The largest absolute Gasteiger partial charge is 0.325 e. The summed E-state index contributed by atoms with van der Waals surface area (Å²) in [5.41, 5.74) is 6.75. The van der Waals surface area contributed by atoms with Gasteiger partial charge in [0.05, 0.1) is 0 Å². The highest BCUT2D eigenvalue weighted by Gasteiger charge is 1.84. The Bertz CT molecular complexity index is 224. The molecule has 1 aromatic carbocycles. The second-order valence-corrected chi connectivity index (χ2v) is 2.63. The fraction of sp³-hybridized carbons (Fsp3) is 0.200. The molecule has 0 aliphatic rings. The van der Waals surface area contributed by atoms with Crippen molar-refractivity contribution in [1.29, 1.82) is 0 Å². The van der Waals surface area contributed by atoms with E-state index in [1.54, 1.807) is 0 Å². The van der Waals surface area contributed by atoms with Gasteiger partial charge in [0.15, 0.2) is 0 Å². The standard InChI is InChI=1S/C10H13N/c1-9(11)7-8-10-5-3-2-4-6-10/h2-9H,11H2,1H3/b8-7+/t9-/m1/s1. The van der Waals surface area contributed by atoms with Crippen molar-refractivity contribution in [2.75, 3.05) is 0 Å². The van der Waals surface area contributed by atoms with Crippen LogP contribution in [0, 0.1) is 0 Å². The molecule has 0 aliphatic heterocycles. The minimum Gasteiger partial charge on any atom is -0.325 e. The zero-order valence-corrected chi connectivity index (χ0v) is 6.70. The highest BCUT2D eigenvalue weighted by atomic mass is 14.6. The summed E-state index contributed by atoms with van der Waals surface area (Å²) in [6, 6.07) is 10.3. The third-order valence-corrected chi connectivity index (χ3v) is 1.39. The monoisotopic (exact) mass is 147 g/mol. The molecule has 0 spiro atoms. The Balaban J connectivity index is 2.65.